The number of hydrogen-bond donors (Lipinski definition) is 2. The number of anilines is 1. The van der Waals surface area contributed by atoms with Crippen LogP contribution in [0.1, 0.15) is 49.5 Å². The predicted octanol–water partition coefficient (Wildman–Crippen LogP) is 3.10. The predicted molar refractivity (Wildman–Crippen MR) is 169 cm³/mol. The molecule has 0 aliphatic carbocycles. The first kappa shape index (κ1) is 34.2. The van der Waals surface area contributed by atoms with E-state index >= 15 is 0 Å². The van der Waals surface area contributed by atoms with Gasteiger partial charge in [-0.25, -0.2) is 9.18 Å². The van der Waals surface area contributed by atoms with Crippen molar-refractivity contribution in [2.75, 3.05) is 38.5 Å². The third-order valence-electron chi connectivity index (χ3n) is 7.03. The van der Waals surface area contributed by atoms with Gasteiger partial charge in [0.15, 0.2) is 5.82 Å². The van der Waals surface area contributed by atoms with Crippen molar-refractivity contribution in [1.82, 2.24) is 35.3 Å². The van der Waals surface area contributed by atoms with Gasteiger partial charge in [-0.1, -0.05) is 11.6 Å². The largest absolute Gasteiger partial charge is 0.456 e. The standard InChI is InChI=1S/C31H36ClFN8O5/c1-31(2,3)46-30(45)20-5-7-21(8-6-20)35-29(44)24(11-14-27(43)40-17-15-39(4)16-18-40)36-26(42)13-9-22-25(41-19-34-37-38-41)12-10-23(32)28(22)33/h5-10,12-13,19,24H,11,14-18H2,1-4H3,(H,35,44)(H,36,42)/b13-9+/t24-/m0/s1. The molecule has 1 aliphatic rings. The fraction of sp³-hybridized carbons (Fsp3) is 0.387. The molecule has 1 fully saturated rings. The molecule has 0 bridgehead atoms. The Kier molecular flexibility index (Phi) is 11.2. The van der Waals surface area contributed by atoms with Crippen molar-refractivity contribution in [2.24, 2.45) is 0 Å². The zero-order chi connectivity index (χ0) is 33.4. The summed E-state index contributed by atoms with van der Waals surface area (Å²) in [7, 11) is 1.98. The number of nitrogens with zero attached hydrogens (tertiary/aromatic N) is 6. The minimum atomic E-state index is -1.12. The molecular formula is C31H36ClFN8O5. The Morgan fingerprint density at radius 2 is 1.76 bits per heavy atom. The molecule has 4 rings (SSSR count). The zero-order valence-corrected chi connectivity index (χ0v) is 26.8. The molecule has 46 heavy (non-hydrogen) atoms. The van der Waals surface area contributed by atoms with Crippen LogP contribution in [0.3, 0.4) is 0 Å². The van der Waals surface area contributed by atoms with E-state index in [1.807, 2.05) is 7.05 Å². The second-order valence-electron chi connectivity index (χ2n) is 11.7. The highest BCUT2D eigenvalue weighted by Gasteiger charge is 2.25. The highest BCUT2D eigenvalue weighted by atomic mass is 35.5. The number of halogens is 2. The fourth-order valence-corrected chi connectivity index (χ4v) is 4.74. The number of benzene rings is 2. The second kappa shape index (κ2) is 15.1. The third-order valence-corrected chi connectivity index (χ3v) is 7.32. The number of likely N-dealkylation sites (N-methyl/N-ethyl adjacent to an activating group) is 1. The van der Waals surface area contributed by atoms with Gasteiger partial charge in [-0.3, -0.25) is 14.4 Å². The summed E-state index contributed by atoms with van der Waals surface area (Å²) >= 11 is 5.98. The Labute approximate surface area is 270 Å². The highest BCUT2D eigenvalue weighted by molar-refractivity contribution is 6.31. The summed E-state index contributed by atoms with van der Waals surface area (Å²) in [6, 6.07) is 7.80. The maximum Gasteiger partial charge on any atom is 0.338 e. The number of tetrazole rings is 1. The minimum absolute atomic E-state index is 0.00792. The number of piperazine rings is 1. The number of nitrogens with one attached hydrogen (secondary N) is 2. The molecule has 3 amide bonds. The van der Waals surface area contributed by atoms with Gasteiger partial charge in [0, 0.05) is 49.9 Å². The molecule has 0 radical (unpaired) electrons. The molecule has 244 valence electrons. The number of rotatable bonds is 10. The molecule has 2 heterocycles. The van der Waals surface area contributed by atoms with Crippen molar-refractivity contribution in [3.8, 4) is 5.69 Å². The Bertz CT molecular complexity index is 1580. The molecule has 2 aromatic carbocycles. The van der Waals surface area contributed by atoms with Crippen molar-refractivity contribution in [2.45, 2.75) is 45.3 Å². The number of aromatic nitrogens is 4. The normalized spacial score (nSPS) is 14.6. The summed E-state index contributed by atoms with van der Waals surface area (Å²) < 4.78 is 21.6. The summed E-state index contributed by atoms with van der Waals surface area (Å²) in [6.45, 7) is 7.90. The van der Waals surface area contributed by atoms with E-state index in [-0.39, 0.29) is 35.0 Å². The average molecular weight is 655 g/mol. The van der Waals surface area contributed by atoms with Crippen LogP contribution in [0.4, 0.5) is 10.1 Å². The number of hydrogen-bond acceptors (Lipinski definition) is 9. The first-order valence-electron chi connectivity index (χ1n) is 14.6. The minimum Gasteiger partial charge on any atom is -0.456 e. The Hall–Kier alpha value is -4.69. The number of carbonyl (C=O) groups excluding carboxylic acids is 4. The molecule has 0 spiro atoms. The molecule has 0 saturated carbocycles. The van der Waals surface area contributed by atoms with Crippen LogP contribution in [-0.2, 0) is 19.1 Å². The summed E-state index contributed by atoms with van der Waals surface area (Å²) in [5, 5.41) is 16.0. The SMILES string of the molecule is CN1CCN(C(=O)CC[C@H](NC(=O)/C=C/c2c(-n3cnnn3)ccc(Cl)c2F)C(=O)Nc2ccc(C(=O)OC(C)(C)C)cc2)CC1. The number of amides is 3. The van der Waals surface area contributed by atoms with E-state index in [2.05, 4.69) is 31.1 Å². The summed E-state index contributed by atoms with van der Waals surface area (Å²) in [4.78, 5) is 55.6. The van der Waals surface area contributed by atoms with Crippen LogP contribution in [0.25, 0.3) is 11.8 Å². The molecular weight excluding hydrogens is 619 g/mol. The lowest BCUT2D eigenvalue weighted by Crippen LogP contribution is -2.48. The van der Waals surface area contributed by atoms with Gasteiger partial charge in [0.2, 0.25) is 17.7 Å². The Balaban J connectivity index is 1.49. The van der Waals surface area contributed by atoms with Crippen LogP contribution in [0.15, 0.2) is 48.8 Å². The monoisotopic (exact) mass is 654 g/mol. The molecule has 0 unspecified atom stereocenters. The molecule has 1 atom stereocenters. The molecule has 2 N–H and O–H groups in total. The van der Waals surface area contributed by atoms with Gasteiger partial charge >= 0.3 is 5.97 Å². The Morgan fingerprint density at radius 3 is 2.39 bits per heavy atom. The lowest BCUT2D eigenvalue weighted by Gasteiger charge is -2.32. The van der Waals surface area contributed by atoms with Crippen LogP contribution in [0.2, 0.25) is 5.02 Å². The van der Waals surface area contributed by atoms with Gasteiger partial charge in [0.05, 0.1) is 16.3 Å². The van der Waals surface area contributed by atoms with Crippen LogP contribution in [-0.4, -0.2) is 98.6 Å². The van der Waals surface area contributed by atoms with Crippen molar-refractivity contribution < 1.29 is 28.3 Å². The average Bonchev–Trinajstić information content (AvgIpc) is 3.54. The molecule has 1 saturated heterocycles. The van der Waals surface area contributed by atoms with Gasteiger partial charge in [0.1, 0.15) is 18.0 Å². The number of carbonyl (C=O) groups is 4. The van der Waals surface area contributed by atoms with E-state index in [0.29, 0.717) is 24.3 Å². The quantitative estimate of drug-likeness (QED) is 0.248. The first-order valence-corrected chi connectivity index (χ1v) is 15.0. The van der Waals surface area contributed by atoms with Crippen LogP contribution in [0.5, 0.6) is 0 Å². The smallest absolute Gasteiger partial charge is 0.338 e. The van der Waals surface area contributed by atoms with Gasteiger partial charge in [-0.05, 0) is 87.1 Å². The zero-order valence-electron chi connectivity index (χ0n) is 26.0. The second-order valence-corrected chi connectivity index (χ2v) is 12.1. The highest BCUT2D eigenvalue weighted by Crippen LogP contribution is 2.25. The fourth-order valence-electron chi connectivity index (χ4n) is 4.57. The topological polar surface area (TPSA) is 152 Å². The maximum absolute atomic E-state index is 15.0. The van der Waals surface area contributed by atoms with E-state index in [0.717, 1.165) is 19.2 Å². The van der Waals surface area contributed by atoms with Crippen LogP contribution < -0.4 is 10.6 Å². The van der Waals surface area contributed by atoms with Crippen LogP contribution >= 0.6 is 11.6 Å². The summed E-state index contributed by atoms with van der Waals surface area (Å²) in [5.74, 6) is -2.73. The van der Waals surface area contributed by atoms with Crippen molar-refractivity contribution in [3.63, 3.8) is 0 Å². The van der Waals surface area contributed by atoms with Gasteiger partial charge in [-0.2, -0.15) is 4.68 Å². The number of esters is 1. The van der Waals surface area contributed by atoms with Crippen LogP contribution in [0, 0.1) is 5.82 Å². The van der Waals surface area contributed by atoms with Crippen molar-refractivity contribution in [1.29, 1.82) is 0 Å². The molecule has 1 aliphatic heterocycles. The summed E-state index contributed by atoms with van der Waals surface area (Å²) in [5.41, 5.74) is 0.183. The third kappa shape index (κ3) is 9.41. The Morgan fingerprint density at radius 1 is 1.07 bits per heavy atom. The first-order chi connectivity index (χ1) is 21.8. The van der Waals surface area contributed by atoms with Crippen molar-refractivity contribution in [3.05, 3.63) is 70.8 Å². The molecule has 15 heteroatoms. The van der Waals surface area contributed by atoms with E-state index in [1.165, 1.54) is 53.5 Å². The molecule has 13 nitrogen and oxygen atoms in total. The van der Waals surface area contributed by atoms with Gasteiger partial charge < -0.3 is 25.2 Å². The van der Waals surface area contributed by atoms with E-state index in [1.54, 1.807) is 25.7 Å². The van der Waals surface area contributed by atoms with Gasteiger partial charge in [-0.15, -0.1) is 5.10 Å². The lowest BCUT2D eigenvalue weighted by atomic mass is 10.1. The summed E-state index contributed by atoms with van der Waals surface area (Å²) in [6.07, 6.45) is 3.54. The molecule has 3 aromatic rings. The van der Waals surface area contributed by atoms with Gasteiger partial charge in [0.25, 0.3) is 0 Å². The van der Waals surface area contributed by atoms with E-state index in [4.69, 9.17) is 16.3 Å². The van der Waals surface area contributed by atoms with Crippen molar-refractivity contribution >= 4 is 47.1 Å². The van der Waals surface area contributed by atoms with E-state index in [9.17, 15) is 23.6 Å². The molecule has 1 aromatic heterocycles. The lowest BCUT2D eigenvalue weighted by molar-refractivity contribution is -0.133. The maximum atomic E-state index is 15.0. The van der Waals surface area contributed by atoms with E-state index < -0.39 is 35.2 Å². The number of ether oxygens (including phenoxy) is 1.